The number of amides is 2. The Bertz CT molecular complexity index is 950. The maximum Gasteiger partial charge on any atom is 0.475 e. The molecule has 2 atom stereocenters. The molecule has 31 heavy (non-hydrogen) atoms. The Morgan fingerprint density at radius 2 is 2.13 bits per heavy atom. The highest BCUT2D eigenvalue weighted by atomic mass is 32.3. The van der Waals surface area contributed by atoms with E-state index in [2.05, 4.69) is 11.9 Å². The number of benzene rings is 1. The van der Waals surface area contributed by atoms with Gasteiger partial charge in [-0.05, 0) is 24.1 Å². The molecule has 1 unspecified atom stereocenters. The van der Waals surface area contributed by atoms with E-state index in [-0.39, 0.29) is 31.1 Å². The van der Waals surface area contributed by atoms with Gasteiger partial charge in [0.15, 0.2) is 0 Å². The van der Waals surface area contributed by atoms with Crippen LogP contribution in [0, 0.1) is 0 Å². The van der Waals surface area contributed by atoms with E-state index in [9.17, 15) is 28.7 Å². The monoisotopic (exact) mass is 452 g/mol. The summed E-state index contributed by atoms with van der Waals surface area (Å²) in [5, 5.41) is 22.6. The molecule has 10 nitrogen and oxygen atoms in total. The van der Waals surface area contributed by atoms with Gasteiger partial charge < -0.3 is 29.4 Å². The highest BCUT2D eigenvalue weighted by molar-refractivity contribution is 8.24. The summed E-state index contributed by atoms with van der Waals surface area (Å²) in [5.74, 6) is -1.55. The molecule has 1 aromatic carbocycles. The summed E-state index contributed by atoms with van der Waals surface area (Å²) >= 11 is 0. The van der Waals surface area contributed by atoms with Crippen LogP contribution in [0.5, 0.6) is 0 Å². The predicted molar refractivity (Wildman–Crippen MR) is 117 cm³/mol. The van der Waals surface area contributed by atoms with Crippen LogP contribution in [0.25, 0.3) is 11.0 Å². The zero-order valence-corrected chi connectivity index (χ0v) is 17.5. The van der Waals surface area contributed by atoms with E-state index in [0.717, 1.165) is 11.5 Å². The molecule has 2 aromatic rings. The van der Waals surface area contributed by atoms with E-state index in [1.54, 1.807) is 6.07 Å². The second kappa shape index (κ2) is 9.75. The largest absolute Gasteiger partial charge is 0.475 e. The van der Waals surface area contributed by atoms with Crippen molar-refractivity contribution in [3.63, 3.8) is 0 Å². The van der Waals surface area contributed by atoms with Crippen molar-refractivity contribution in [2.45, 2.75) is 18.4 Å². The molecular formula is C19H25BN2O8S. The van der Waals surface area contributed by atoms with E-state index in [1.165, 1.54) is 11.2 Å². The minimum atomic E-state index is -2.88. The van der Waals surface area contributed by atoms with Crippen molar-refractivity contribution in [1.82, 2.24) is 10.2 Å². The second-order valence-electron chi connectivity index (χ2n) is 7.29. The van der Waals surface area contributed by atoms with Gasteiger partial charge in [0.1, 0.15) is 12.2 Å². The summed E-state index contributed by atoms with van der Waals surface area (Å²) in [6.45, 7) is 3.24. The van der Waals surface area contributed by atoms with Gasteiger partial charge >= 0.3 is 13.2 Å². The lowest BCUT2D eigenvalue weighted by Crippen LogP contribution is -2.53. The number of furan rings is 1. The molecule has 1 aromatic heterocycles. The molecule has 2 amide bonds. The lowest BCUT2D eigenvalue weighted by atomic mass is 9.76. The van der Waals surface area contributed by atoms with Crippen molar-refractivity contribution in [1.29, 1.82) is 0 Å². The van der Waals surface area contributed by atoms with E-state index in [1.807, 2.05) is 18.2 Å². The third-order valence-electron chi connectivity index (χ3n) is 5.09. The molecule has 1 aliphatic heterocycles. The van der Waals surface area contributed by atoms with Crippen LogP contribution in [-0.4, -0.2) is 79.8 Å². The summed E-state index contributed by atoms with van der Waals surface area (Å²) in [7, 11) is -4.74. The number of para-hydroxylation sites is 1. The number of ether oxygens (including phenoxy) is 1. The van der Waals surface area contributed by atoms with Crippen molar-refractivity contribution in [3.8, 4) is 0 Å². The maximum atomic E-state index is 12.3. The molecule has 5 N–H and O–H groups in total. The number of nitrogens with one attached hydrogen (secondary N) is 1. The summed E-state index contributed by atoms with van der Waals surface area (Å²) in [6, 6.07) is 6.49. The van der Waals surface area contributed by atoms with Crippen molar-refractivity contribution in [2.75, 3.05) is 24.7 Å². The number of rotatable bonds is 7. The molecule has 0 aliphatic carbocycles. The van der Waals surface area contributed by atoms with Crippen molar-refractivity contribution < 1.29 is 37.9 Å². The van der Waals surface area contributed by atoms with Gasteiger partial charge in [-0.1, -0.05) is 24.8 Å². The summed E-state index contributed by atoms with van der Waals surface area (Å²) in [4.78, 5) is 25.7. The SMILES string of the molecule is C=CC(=O)N1CCS(O)(O)CC1COC(=O)N[C@@H](Cc1coc2ccccc12)B(O)O. The molecule has 1 aliphatic rings. The van der Waals surface area contributed by atoms with E-state index in [0.29, 0.717) is 11.1 Å². The normalized spacial score (nSPS) is 20.0. The molecule has 168 valence electrons. The smallest absolute Gasteiger partial charge is 0.464 e. The second-order valence-corrected chi connectivity index (χ2v) is 9.63. The number of hydrogen-bond donors (Lipinski definition) is 5. The average Bonchev–Trinajstić information content (AvgIpc) is 3.13. The molecule has 12 heteroatoms. The van der Waals surface area contributed by atoms with Crippen LogP contribution in [-0.2, 0) is 16.0 Å². The fraction of sp³-hybridized carbons (Fsp3) is 0.368. The molecule has 2 heterocycles. The van der Waals surface area contributed by atoms with Gasteiger partial charge in [-0.15, -0.1) is 0 Å². The standard InChI is InChI=1S/C19H25BN2O8S/c1-2-18(23)22-7-8-31(27,28)12-14(22)11-30-19(24)21-17(20(25)26)9-13-10-29-16-6-4-3-5-15(13)16/h2-6,10,14,17,25-28H,1,7-9,11-12H2,(H,21,24)/t14?,17-/m0/s1. The molecular weight excluding hydrogens is 427 g/mol. The Hall–Kier alpha value is -2.51. The van der Waals surface area contributed by atoms with Crippen LogP contribution in [0.4, 0.5) is 4.79 Å². The number of carbonyl (C=O) groups excluding carboxylic acids is 2. The van der Waals surface area contributed by atoms with Crippen molar-refractivity contribution >= 4 is 40.7 Å². The number of fused-ring (bicyclic) bond motifs is 1. The Morgan fingerprint density at radius 1 is 1.39 bits per heavy atom. The number of carbonyl (C=O) groups is 2. The highest BCUT2D eigenvalue weighted by Crippen LogP contribution is 2.42. The number of hydrogen-bond acceptors (Lipinski definition) is 8. The predicted octanol–water partition coefficient (Wildman–Crippen LogP) is 1.23. The Balaban J connectivity index is 1.61. The first-order chi connectivity index (χ1) is 14.7. The molecule has 0 spiro atoms. The zero-order chi connectivity index (χ0) is 22.6. The van der Waals surface area contributed by atoms with Gasteiger partial charge in [-0.3, -0.25) is 13.9 Å². The molecule has 1 saturated heterocycles. The zero-order valence-electron chi connectivity index (χ0n) is 16.7. The fourth-order valence-corrected chi connectivity index (χ4v) is 5.03. The van der Waals surface area contributed by atoms with Gasteiger partial charge in [-0.25, -0.2) is 4.79 Å². The Kier molecular flexibility index (Phi) is 7.28. The third-order valence-corrected chi connectivity index (χ3v) is 6.84. The van der Waals surface area contributed by atoms with Gasteiger partial charge in [0.2, 0.25) is 5.91 Å². The topological polar surface area (TPSA) is 153 Å². The van der Waals surface area contributed by atoms with Crippen LogP contribution >= 0.6 is 10.6 Å². The average molecular weight is 452 g/mol. The van der Waals surface area contributed by atoms with E-state index >= 15 is 0 Å². The van der Waals surface area contributed by atoms with Gasteiger partial charge in [0.05, 0.1) is 29.8 Å². The van der Waals surface area contributed by atoms with Crippen LogP contribution in [0.3, 0.4) is 0 Å². The summed E-state index contributed by atoms with van der Waals surface area (Å²) < 4.78 is 30.5. The summed E-state index contributed by atoms with van der Waals surface area (Å²) in [6.07, 6.45) is 1.74. The Morgan fingerprint density at radius 3 is 2.84 bits per heavy atom. The first kappa shape index (κ1) is 23.2. The fourth-order valence-electron chi connectivity index (χ4n) is 3.48. The molecule has 3 rings (SSSR count). The molecule has 0 bridgehead atoms. The van der Waals surface area contributed by atoms with Crippen LogP contribution in [0.15, 0.2) is 47.6 Å². The molecule has 1 fully saturated rings. The van der Waals surface area contributed by atoms with Crippen LogP contribution < -0.4 is 5.32 Å². The first-order valence-electron chi connectivity index (χ1n) is 9.61. The minimum absolute atomic E-state index is 0.0483. The molecule has 0 saturated carbocycles. The van der Waals surface area contributed by atoms with Crippen molar-refractivity contribution in [3.05, 3.63) is 48.7 Å². The van der Waals surface area contributed by atoms with Crippen molar-refractivity contribution in [2.24, 2.45) is 0 Å². The quantitative estimate of drug-likeness (QED) is 0.311. The number of alkyl carbamates (subject to hydrolysis) is 1. The third kappa shape index (κ3) is 5.80. The Labute approximate surface area is 181 Å². The van der Waals surface area contributed by atoms with E-state index < -0.39 is 41.7 Å². The van der Waals surface area contributed by atoms with Crippen LogP contribution in [0.1, 0.15) is 5.56 Å². The summed E-state index contributed by atoms with van der Waals surface area (Å²) in [5.41, 5.74) is 1.31. The highest BCUT2D eigenvalue weighted by Gasteiger charge is 2.35. The van der Waals surface area contributed by atoms with Gasteiger partial charge in [0, 0.05) is 11.9 Å². The molecule has 0 radical (unpaired) electrons. The number of nitrogens with zero attached hydrogens (tertiary/aromatic N) is 1. The lowest BCUT2D eigenvalue weighted by molar-refractivity contribution is -0.128. The van der Waals surface area contributed by atoms with E-state index in [4.69, 9.17) is 9.15 Å². The first-order valence-corrected chi connectivity index (χ1v) is 11.5. The maximum absolute atomic E-state index is 12.3. The van der Waals surface area contributed by atoms with Gasteiger partial charge in [-0.2, -0.15) is 10.6 Å². The van der Waals surface area contributed by atoms with Crippen LogP contribution in [0.2, 0.25) is 0 Å². The lowest BCUT2D eigenvalue weighted by Gasteiger charge is -2.45. The minimum Gasteiger partial charge on any atom is -0.464 e. The van der Waals surface area contributed by atoms with Gasteiger partial charge in [0.25, 0.3) is 0 Å².